The van der Waals surface area contributed by atoms with Crippen LogP contribution in [0.3, 0.4) is 0 Å². The zero-order chi connectivity index (χ0) is 13.7. The molecule has 6 heteroatoms. The molecule has 1 aromatic carbocycles. The van der Waals surface area contributed by atoms with E-state index in [2.05, 4.69) is 15.5 Å². The van der Waals surface area contributed by atoms with Crippen LogP contribution < -0.4 is 10.1 Å². The van der Waals surface area contributed by atoms with Crippen LogP contribution in [-0.4, -0.2) is 29.2 Å². The standard InChI is InChI=1S/C13H15ClN4O/c1-9(5-16-8-15)19-13-4-10(2-3-12(13)14)11-6-17-18-7-11/h2-4,6-9H,5H2,1H3,(H2,15,16)(H,17,18)/t9-/m0/s1. The molecule has 1 aromatic heterocycles. The number of H-pyrrole nitrogens is 1. The van der Waals surface area contributed by atoms with E-state index >= 15 is 0 Å². The van der Waals surface area contributed by atoms with Crippen LogP contribution in [0.2, 0.25) is 5.02 Å². The highest BCUT2D eigenvalue weighted by atomic mass is 35.5. The Morgan fingerprint density at radius 2 is 2.37 bits per heavy atom. The van der Waals surface area contributed by atoms with Gasteiger partial charge in [0, 0.05) is 11.8 Å². The quantitative estimate of drug-likeness (QED) is 0.562. The topological polar surface area (TPSA) is 73.8 Å². The van der Waals surface area contributed by atoms with Gasteiger partial charge < -0.3 is 10.1 Å². The van der Waals surface area contributed by atoms with Gasteiger partial charge in [0.25, 0.3) is 0 Å². The van der Waals surface area contributed by atoms with Gasteiger partial charge in [-0.05, 0) is 24.6 Å². The van der Waals surface area contributed by atoms with Crippen molar-refractivity contribution in [2.45, 2.75) is 13.0 Å². The summed E-state index contributed by atoms with van der Waals surface area (Å²) >= 11 is 6.12. The fourth-order valence-electron chi connectivity index (χ4n) is 1.67. The molecule has 1 heterocycles. The summed E-state index contributed by atoms with van der Waals surface area (Å²) in [6.45, 7) is 2.47. The van der Waals surface area contributed by atoms with Crippen molar-refractivity contribution in [3.05, 3.63) is 35.6 Å². The summed E-state index contributed by atoms with van der Waals surface area (Å²) in [5.41, 5.74) is 1.96. The summed E-state index contributed by atoms with van der Waals surface area (Å²) in [6.07, 6.45) is 4.61. The number of benzene rings is 1. The predicted octanol–water partition coefficient (Wildman–Crippen LogP) is 2.69. The van der Waals surface area contributed by atoms with E-state index < -0.39 is 0 Å². The monoisotopic (exact) mass is 278 g/mol. The summed E-state index contributed by atoms with van der Waals surface area (Å²) in [4.78, 5) is 0. The molecule has 0 saturated heterocycles. The van der Waals surface area contributed by atoms with Crippen LogP contribution >= 0.6 is 11.6 Å². The number of nitrogens with zero attached hydrogens (tertiary/aromatic N) is 1. The van der Waals surface area contributed by atoms with Gasteiger partial charge in [-0.2, -0.15) is 5.10 Å². The minimum atomic E-state index is -0.0845. The molecule has 0 bridgehead atoms. The number of rotatable bonds is 6. The van der Waals surface area contributed by atoms with Crippen LogP contribution in [0, 0.1) is 5.41 Å². The van der Waals surface area contributed by atoms with E-state index in [0.717, 1.165) is 17.5 Å². The molecule has 0 aliphatic carbocycles. The first-order valence-corrected chi connectivity index (χ1v) is 6.26. The second-order valence-corrected chi connectivity index (χ2v) is 4.52. The summed E-state index contributed by atoms with van der Waals surface area (Å²) in [5.74, 6) is 0.625. The van der Waals surface area contributed by atoms with Crippen molar-refractivity contribution in [2.75, 3.05) is 6.54 Å². The number of hydrogen-bond donors (Lipinski definition) is 3. The van der Waals surface area contributed by atoms with Crippen molar-refractivity contribution in [3.8, 4) is 16.9 Å². The molecule has 0 spiro atoms. The maximum absolute atomic E-state index is 6.92. The van der Waals surface area contributed by atoms with Crippen LogP contribution in [0.5, 0.6) is 5.75 Å². The number of ether oxygens (including phenoxy) is 1. The van der Waals surface area contributed by atoms with Crippen molar-refractivity contribution >= 4 is 17.9 Å². The molecule has 0 fully saturated rings. The van der Waals surface area contributed by atoms with Crippen LogP contribution in [0.1, 0.15) is 6.92 Å². The van der Waals surface area contributed by atoms with Gasteiger partial charge in [0.2, 0.25) is 0 Å². The van der Waals surface area contributed by atoms with Crippen LogP contribution in [-0.2, 0) is 0 Å². The Morgan fingerprint density at radius 1 is 1.53 bits per heavy atom. The van der Waals surface area contributed by atoms with E-state index in [1.165, 1.54) is 0 Å². The largest absolute Gasteiger partial charge is 0.487 e. The van der Waals surface area contributed by atoms with Crippen molar-refractivity contribution in [1.29, 1.82) is 5.41 Å². The summed E-state index contributed by atoms with van der Waals surface area (Å²) in [7, 11) is 0. The van der Waals surface area contributed by atoms with Gasteiger partial charge in [0.1, 0.15) is 11.9 Å². The van der Waals surface area contributed by atoms with Crippen LogP contribution in [0.25, 0.3) is 11.1 Å². The maximum atomic E-state index is 6.92. The average molecular weight is 279 g/mol. The number of hydrogen-bond acceptors (Lipinski definition) is 3. The van der Waals surface area contributed by atoms with E-state index in [1.54, 1.807) is 12.3 Å². The van der Waals surface area contributed by atoms with Gasteiger partial charge in [0.15, 0.2) is 0 Å². The third kappa shape index (κ3) is 3.48. The number of aromatic nitrogens is 2. The third-order valence-corrected chi connectivity index (χ3v) is 2.91. The highest BCUT2D eigenvalue weighted by Gasteiger charge is 2.09. The van der Waals surface area contributed by atoms with Gasteiger partial charge in [-0.3, -0.25) is 10.5 Å². The highest BCUT2D eigenvalue weighted by Crippen LogP contribution is 2.30. The predicted molar refractivity (Wildman–Crippen MR) is 75.9 cm³/mol. The van der Waals surface area contributed by atoms with Crippen molar-refractivity contribution in [3.63, 3.8) is 0 Å². The molecule has 5 nitrogen and oxygen atoms in total. The first-order chi connectivity index (χ1) is 9.20. The lowest BCUT2D eigenvalue weighted by Crippen LogP contribution is -2.27. The summed E-state index contributed by atoms with van der Waals surface area (Å²) in [6, 6.07) is 5.60. The second-order valence-electron chi connectivity index (χ2n) is 4.11. The van der Waals surface area contributed by atoms with Crippen LogP contribution in [0.4, 0.5) is 0 Å². The molecule has 2 rings (SSSR count). The molecule has 3 N–H and O–H groups in total. The lowest BCUT2D eigenvalue weighted by atomic mass is 10.1. The summed E-state index contributed by atoms with van der Waals surface area (Å²) in [5, 5.41) is 17.0. The Morgan fingerprint density at radius 3 is 3.05 bits per heavy atom. The zero-order valence-electron chi connectivity index (χ0n) is 10.5. The minimum absolute atomic E-state index is 0.0845. The van der Waals surface area contributed by atoms with E-state index in [0.29, 0.717) is 17.3 Å². The van der Waals surface area contributed by atoms with E-state index in [4.69, 9.17) is 21.7 Å². The molecule has 0 aliphatic heterocycles. The van der Waals surface area contributed by atoms with Crippen molar-refractivity contribution in [2.24, 2.45) is 0 Å². The van der Waals surface area contributed by atoms with Gasteiger partial charge in [-0.25, -0.2) is 0 Å². The molecule has 19 heavy (non-hydrogen) atoms. The molecule has 2 aromatic rings. The second kappa shape index (κ2) is 6.24. The highest BCUT2D eigenvalue weighted by molar-refractivity contribution is 6.32. The first kappa shape index (κ1) is 13.4. The van der Waals surface area contributed by atoms with E-state index in [-0.39, 0.29) is 6.10 Å². The molecule has 0 saturated carbocycles. The molecule has 0 unspecified atom stereocenters. The van der Waals surface area contributed by atoms with Crippen molar-refractivity contribution < 1.29 is 4.74 Å². The van der Waals surface area contributed by atoms with Crippen LogP contribution in [0.15, 0.2) is 30.6 Å². The maximum Gasteiger partial charge on any atom is 0.139 e. The normalized spacial score (nSPS) is 11.9. The van der Waals surface area contributed by atoms with Gasteiger partial charge in [0.05, 0.1) is 24.1 Å². The van der Waals surface area contributed by atoms with Gasteiger partial charge in [-0.15, -0.1) is 0 Å². The number of nitrogens with one attached hydrogen (secondary N) is 3. The molecule has 100 valence electrons. The Labute approximate surface area is 116 Å². The van der Waals surface area contributed by atoms with Gasteiger partial charge >= 0.3 is 0 Å². The molecule has 0 aliphatic rings. The average Bonchev–Trinajstić information content (AvgIpc) is 2.93. The Bertz CT molecular complexity index is 542. The summed E-state index contributed by atoms with van der Waals surface area (Å²) < 4.78 is 5.76. The lowest BCUT2D eigenvalue weighted by molar-refractivity contribution is 0.225. The lowest BCUT2D eigenvalue weighted by Gasteiger charge is -2.16. The zero-order valence-corrected chi connectivity index (χ0v) is 11.2. The fraction of sp³-hybridized carbons (Fsp3) is 0.231. The Hall–Kier alpha value is -2.01. The first-order valence-electron chi connectivity index (χ1n) is 5.88. The van der Waals surface area contributed by atoms with Crippen molar-refractivity contribution in [1.82, 2.24) is 15.5 Å². The van der Waals surface area contributed by atoms with Gasteiger partial charge in [-0.1, -0.05) is 17.7 Å². The minimum Gasteiger partial charge on any atom is -0.487 e. The SMILES string of the molecule is C[C@@H](CNC=N)Oc1cc(-c2cn[nH]c2)ccc1Cl. The van der Waals surface area contributed by atoms with E-state index in [1.807, 2.05) is 25.3 Å². The molecule has 0 amide bonds. The number of halogens is 1. The molecular weight excluding hydrogens is 264 g/mol. The Kier molecular flexibility index (Phi) is 4.41. The Balaban J connectivity index is 2.15. The molecular formula is C13H15ClN4O. The molecule has 0 radical (unpaired) electrons. The number of aromatic amines is 1. The smallest absolute Gasteiger partial charge is 0.139 e. The molecule has 1 atom stereocenters. The third-order valence-electron chi connectivity index (χ3n) is 2.60. The fourth-order valence-corrected chi connectivity index (χ4v) is 1.83. The van der Waals surface area contributed by atoms with E-state index in [9.17, 15) is 0 Å².